The summed E-state index contributed by atoms with van der Waals surface area (Å²) >= 11 is 0. The third-order valence-corrected chi connectivity index (χ3v) is 2.63. The van der Waals surface area contributed by atoms with E-state index < -0.39 is 5.97 Å². The first-order chi connectivity index (χ1) is 8.65. The predicted octanol–water partition coefficient (Wildman–Crippen LogP) is 0.974. The van der Waals surface area contributed by atoms with E-state index >= 15 is 0 Å². The highest BCUT2D eigenvalue weighted by molar-refractivity contribution is 5.92. The molecule has 1 atom stereocenters. The second-order valence-corrected chi connectivity index (χ2v) is 3.76. The van der Waals surface area contributed by atoms with Gasteiger partial charge in [0, 0.05) is 12.4 Å². The number of rotatable bonds is 4. The number of H-pyrrole nitrogens is 1. The van der Waals surface area contributed by atoms with Crippen LogP contribution >= 0.6 is 0 Å². The number of esters is 1. The number of hydrogen-bond donors (Lipinski definition) is 2. The Balaban J connectivity index is 2.28. The van der Waals surface area contributed by atoms with Crippen molar-refractivity contribution in [3.8, 4) is 0 Å². The average molecular weight is 249 g/mol. The first-order valence-corrected chi connectivity index (χ1v) is 5.63. The van der Waals surface area contributed by atoms with Crippen molar-refractivity contribution in [2.75, 3.05) is 12.3 Å². The van der Waals surface area contributed by atoms with Gasteiger partial charge in [-0.2, -0.15) is 0 Å². The van der Waals surface area contributed by atoms with Gasteiger partial charge in [0.1, 0.15) is 11.6 Å². The first kappa shape index (κ1) is 12.2. The molecular formula is C11H15N5O2. The summed E-state index contributed by atoms with van der Waals surface area (Å²) in [6, 6.07) is -0.129. The van der Waals surface area contributed by atoms with Crippen LogP contribution in [0.4, 0.5) is 5.82 Å². The topological polar surface area (TPSA) is 98.8 Å². The number of carbonyl (C=O) groups excluding carboxylic acids is 1. The van der Waals surface area contributed by atoms with E-state index in [2.05, 4.69) is 15.0 Å². The molecule has 0 saturated heterocycles. The molecule has 0 aliphatic rings. The minimum Gasteiger partial charge on any atom is -0.461 e. The Labute approximate surface area is 104 Å². The summed E-state index contributed by atoms with van der Waals surface area (Å²) in [6.07, 6.45) is 4.89. The van der Waals surface area contributed by atoms with Crippen LogP contribution in [0.15, 0.2) is 18.7 Å². The molecule has 3 N–H and O–H groups in total. The lowest BCUT2D eigenvalue weighted by Crippen LogP contribution is -2.13. The molecule has 2 aromatic rings. The maximum absolute atomic E-state index is 11.6. The molecule has 0 aromatic carbocycles. The number of aromatic nitrogens is 4. The molecule has 0 bridgehead atoms. The van der Waals surface area contributed by atoms with Crippen LogP contribution in [0.5, 0.6) is 0 Å². The van der Waals surface area contributed by atoms with Crippen molar-refractivity contribution in [2.45, 2.75) is 19.9 Å². The number of imidazole rings is 2. The summed E-state index contributed by atoms with van der Waals surface area (Å²) in [5, 5.41) is 0. The fraction of sp³-hybridized carbons (Fsp3) is 0.364. The maximum Gasteiger partial charge on any atom is 0.360 e. The predicted molar refractivity (Wildman–Crippen MR) is 65.0 cm³/mol. The summed E-state index contributed by atoms with van der Waals surface area (Å²) in [5.41, 5.74) is 6.03. The molecule has 2 heterocycles. The minimum absolute atomic E-state index is 0.129. The molecule has 1 unspecified atom stereocenters. The van der Waals surface area contributed by atoms with Gasteiger partial charge in [0.25, 0.3) is 0 Å². The summed E-state index contributed by atoms with van der Waals surface area (Å²) < 4.78 is 6.55. The number of nitrogens with one attached hydrogen (secondary N) is 1. The van der Waals surface area contributed by atoms with E-state index in [0.717, 1.165) is 5.82 Å². The molecule has 7 heteroatoms. The van der Waals surface area contributed by atoms with Gasteiger partial charge in [-0.25, -0.2) is 14.8 Å². The molecule has 0 aliphatic carbocycles. The van der Waals surface area contributed by atoms with Crippen LogP contribution in [0.2, 0.25) is 0 Å². The van der Waals surface area contributed by atoms with E-state index in [1.165, 1.54) is 6.33 Å². The second kappa shape index (κ2) is 4.91. The Hall–Kier alpha value is -2.31. The van der Waals surface area contributed by atoms with Crippen LogP contribution in [-0.4, -0.2) is 32.1 Å². The van der Waals surface area contributed by atoms with E-state index in [1.807, 2.05) is 6.92 Å². The van der Waals surface area contributed by atoms with E-state index in [9.17, 15) is 4.79 Å². The zero-order chi connectivity index (χ0) is 13.1. The summed E-state index contributed by atoms with van der Waals surface area (Å²) in [7, 11) is 0. The Bertz CT molecular complexity index is 532. The largest absolute Gasteiger partial charge is 0.461 e. The van der Waals surface area contributed by atoms with Crippen LogP contribution in [0.3, 0.4) is 0 Å². The van der Waals surface area contributed by atoms with Gasteiger partial charge in [-0.15, -0.1) is 0 Å². The van der Waals surface area contributed by atoms with E-state index in [4.69, 9.17) is 10.5 Å². The maximum atomic E-state index is 11.6. The second-order valence-electron chi connectivity index (χ2n) is 3.76. The van der Waals surface area contributed by atoms with Crippen LogP contribution in [0.25, 0.3) is 0 Å². The Morgan fingerprint density at radius 1 is 1.61 bits per heavy atom. The van der Waals surface area contributed by atoms with Crippen molar-refractivity contribution < 1.29 is 9.53 Å². The van der Waals surface area contributed by atoms with Crippen molar-refractivity contribution in [2.24, 2.45) is 0 Å². The van der Waals surface area contributed by atoms with Crippen LogP contribution in [0.1, 0.15) is 36.2 Å². The lowest BCUT2D eigenvalue weighted by atomic mass is 10.3. The molecule has 0 spiro atoms. The van der Waals surface area contributed by atoms with Gasteiger partial charge in [-0.1, -0.05) is 0 Å². The number of nitrogen functional groups attached to an aromatic ring is 1. The lowest BCUT2D eigenvalue weighted by molar-refractivity contribution is 0.0521. The van der Waals surface area contributed by atoms with Crippen molar-refractivity contribution in [1.82, 2.24) is 19.5 Å². The van der Waals surface area contributed by atoms with Crippen molar-refractivity contribution in [3.63, 3.8) is 0 Å². The van der Waals surface area contributed by atoms with Gasteiger partial charge >= 0.3 is 5.97 Å². The highest BCUT2D eigenvalue weighted by Crippen LogP contribution is 2.20. The number of anilines is 1. The molecular weight excluding hydrogens is 234 g/mol. The van der Waals surface area contributed by atoms with Gasteiger partial charge in [0.15, 0.2) is 5.69 Å². The standard InChI is InChI=1S/C11H15N5O2/c1-3-18-11(17)8-9(12)16(6-15-8)7(2)10-13-4-5-14-10/h4-7H,3,12H2,1-2H3,(H,13,14). The summed E-state index contributed by atoms with van der Waals surface area (Å²) in [5.74, 6) is 0.507. The van der Waals surface area contributed by atoms with Gasteiger partial charge in [-0.05, 0) is 13.8 Å². The molecule has 7 nitrogen and oxygen atoms in total. The molecule has 2 rings (SSSR count). The van der Waals surface area contributed by atoms with E-state index in [-0.39, 0.29) is 17.6 Å². The van der Waals surface area contributed by atoms with Crippen LogP contribution < -0.4 is 5.73 Å². The van der Waals surface area contributed by atoms with E-state index in [0.29, 0.717) is 6.61 Å². The molecule has 18 heavy (non-hydrogen) atoms. The first-order valence-electron chi connectivity index (χ1n) is 5.63. The number of aromatic amines is 1. The zero-order valence-corrected chi connectivity index (χ0v) is 10.3. The zero-order valence-electron chi connectivity index (χ0n) is 10.3. The minimum atomic E-state index is -0.514. The lowest BCUT2D eigenvalue weighted by Gasteiger charge is -2.12. The Kier molecular flexibility index (Phi) is 3.31. The number of ether oxygens (including phenoxy) is 1. The fourth-order valence-electron chi connectivity index (χ4n) is 1.67. The van der Waals surface area contributed by atoms with E-state index in [1.54, 1.807) is 23.9 Å². The highest BCUT2D eigenvalue weighted by Gasteiger charge is 2.20. The highest BCUT2D eigenvalue weighted by atomic mass is 16.5. The van der Waals surface area contributed by atoms with Gasteiger partial charge < -0.3 is 20.0 Å². The Morgan fingerprint density at radius 2 is 2.39 bits per heavy atom. The molecule has 0 aliphatic heterocycles. The molecule has 96 valence electrons. The summed E-state index contributed by atoms with van der Waals surface area (Å²) in [6.45, 7) is 3.93. The summed E-state index contributed by atoms with van der Waals surface area (Å²) in [4.78, 5) is 22.7. The monoisotopic (exact) mass is 249 g/mol. The van der Waals surface area contributed by atoms with Crippen molar-refractivity contribution in [1.29, 1.82) is 0 Å². The van der Waals surface area contributed by atoms with Gasteiger partial charge in [-0.3, -0.25) is 0 Å². The third-order valence-electron chi connectivity index (χ3n) is 2.63. The number of hydrogen-bond acceptors (Lipinski definition) is 5. The normalized spacial score (nSPS) is 12.3. The molecule has 0 radical (unpaired) electrons. The molecule has 0 amide bonds. The smallest absolute Gasteiger partial charge is 0.360 e. The number of nitrogens with two attached hydrogens (primary N) is 1. The number of nitrogens with zero attached hydrogens (tertiary/aromatic N) is 3. The van der Waals surface area contributed by atoms with Gasteiger partial charge in [0.05, 0.1) is 19.0 Å². The third kappa shape index (κ3) is 2.06. The fourth-order valence-corrected chi connectivity index (χ4v) is 1.67. The van der Waals surface area contributed by atoms with Crippen molar-refractivity contribution >= 4 is 11.8 Å². The van der Waals surface area contributed by atoms with Gasteiger partial charge in [0.2, 0.25) is 0 Å². The number of carbonyl (C=O) groups is 1. The molecule has 2 aromatic heterocycles. The quantitative estimate of drug-likeness (QED) is 0.787. The van der Waals surface area contributed by atoms with Crippen molar-refractivity contribution in [3.05, 3.63) is 30.2 Å². The van der Waals surface area contributed by atoms with Crippen LogP contribution in [0, 0.1) is 0 Å². The average Bonchev–Trinajstić information content (AvgIpc) is 2.97. The molecule has 0 fully saturated rings. The SMILES string of the molecule is CCOC(=O)c1ncn(C(C)c2ncc[nH]2)c1N. The molecule has 0 saturated carbocycles. The Morgan fingerprint density at radius 3 is 3.00 bits per heavy atom. The van der Waals surface area contributed by atoms with Crippen LogP contribution in [-0.2, 0) is 4.74 Å².